The average molecular weight is 377 g/mol. The Balaban J connectivity index is 1.87. The third-order valence-electron chi connectivity index (χ3n) is 5.34. The van der Waals surface area contributed by atoms with Crippen LogP contribution in [0.3, 0.4) is 0 Å². The van der Waals surface area contributed by atoms with Gasteiger partial charge in [0.1, 0.15) is 0 Å². The largest absolute Gasteiger partial charge is 0.396 e. The Hall–Kier alpha value is -1.63. The predicted molar refractivity (Wildman–Crippen MR) is 111 cm³/mol. The van der Waals surface area contributed by atoms with E-state index in [1.54, 1.807) is 0 Å². The standard InChI is InChI=1S/C21H36N4O2/c1-4-22-20(24-16-21(10-12-26)11-13-27-17-21)23-14-18(2)25(3)15-19-8-6-5-7-9-19/h5-9,18,26H,4,10-17H2,1-3H3,(H2,22,23,24). The van der Waals surface area contributed by atoms with Gasteiger partial charge < -0.3 is 20.5 Å². The molecule has 0 bridgehead atoms. The fourth-order valence-electron chi connectivity index (χ4n) is 3.30. The van der Waals surface area contributed by atoms with Crippen molar-refractivity contribution in [3.8, 4) is 0 Å². The maximum Gasteiger partial charge on any atom is 0.191 e. The molecule has 1 aromatic carbocycles. The molecule has 0 amide bonds. The second-order valence-electron chi connectivity index (χ2n) is 7.60. The first-order valence-electron chi connectivity index (χ1n) is 10.0. The van der Waals surface area contributed by atoms with E-state index in [0.29, 0.717) is 19.2 Å². The topological polar surface area (TPSA) is 69.1 Å². The van der Waals surface area contributed by atoms with Crippen molar-refractivity contribution in [3.05, 3.63) is 35.9 Å². The molecular weight excluding hydrogens is 340 g/mol. The molecule has 2 unspecified atom stereocenters. The van der Waals surface area contributed by atoms with E-state index in [2.05, 4.69) is 60.7 Å². The van der Waals surface area contributed by atoms with Gasteiger partial charge in [-0.3, -0.25) is 9.89 Å². The summed E-state index contributed by atoms with van der Waals surface area (Å²) in [5.74, 6) is 0.835. The van der Waals surface area contributed by atoms with Crippen LogP contribution in [0.4, 0.5) is 0 Å². The van der Waals surface area contributed by atoms with Crippen molar-refractivity contribution in [1.29, 1.82) is 0 Å². The lowest BCUT2D eigenvalue weighted by molar-refractivity contribution is 0.131. The molecule has 27 heavy (non-hydrogen) atoms. The molecule has 0 spiro atoms. The first-order valence-corrected chi connectivity index (χ1v) is 10.0. The number of hydrogen-bond donors (Lipinski definition) is 3. The summed E-state index contributed by atoms with van der Waals surface area (Å²) in [7, 11) is 2.15. The monoisotopic (exact) mass is 376 g/mol. The number of nitrogens with zero attached hydrogens (tertiary/aromatic N) is 2. The van der Waals surface area contributed by atoms with Gasteiger partial charge in [-0.1, -0.05) is 30.3 Å². The molecule has 1 aliphatic rings. The van der Waals surface area contributed by atoms with Crippen molar-refractivity contribution in [2.75, 3.05) is 46.5 Å². The molecule has 1 aliphatic heterocycles. The Morgan fingerprint density at radius 2 is 2.11 bits per heavy atom. The number of aliphatic hydroxyl groups is 1. The summed E-state index contributed by atoms with van der Waals surface area (Å²) in [5.41, 5.74) is 1.30. The maximum absolute atomic E-state index is 9.38. The van der Waals surface area contributed by atoms with Gasteiger partial charge in [0.2, 0.25) is 0 Å². The number of nitrogens with one attached hydrogen (secondary N) is 2. The SMILES string of the molecule is CCNC(=NCC1(CCO)CCOC1)NCC(C)N(C)Cc1ccccc1. The molecule has 0 radical (unpaired) electrons. The van der Waals surface area contributed by atoms with Crippen molar-refractivity contribution in [2.45, 2.75) is 39.3 Å². The van der Waals surface area contributed by atoms with E-state index in [9.17, 15) is 5.11 Å². The zero-order valence-corrected chi connectivity index (χ0v) is 17.1. The third kappa shape index (κ3) is 7.13. The second-order valence-corrected chi connectivity index (χ2v) is 7.60. The van der Waals surface area contributed by atoms with Crippen molar-refractivity contribution < 1.29 is 9.84 Å². The fraction of sp³-hybridized carbons (Fsp3) is 0.667. The van der Waals surface area contributed by atoms with E-state index in [1.807, 2.05) is 6.07 Å². The van der Waals surface area contributed by atoms with Crippen LogP contribution in [-0.4, -0.2) is 68.5 Å². The molecular formula is C21H36N4O2. The smallest absolute Gasteiger partial charge is 0.191 e. The zero-order chi connectivity index (χ0) is 19.5. The Morgan fingerprint density at radius 3 is 2.74 bits per heavy atom. The van der Waals surface area contributed by atoms with Crippen molar-refractivity contribution >= 4 is 5.96 Å². The van der Waals surface area contributed by atoms with E-state index in [-0.39, 0.29) is 12.0 Å². The minimum Gasteiger partial charge on any atom is -0.396 e. The van der Waals surface area contributed by atoms with E-state index in [4.69, 9.17) is 9.73 Å². The van der Waals surface area contributed by atoms with Crippen LogP contribution in [0, 0.1) is 5.41 Å². The number of aliphatic hydroxyl groups excluding tert-OH is 1. The number of benzene rings is 1. The van der Waals surface area contributed by atoms with Gasteiger partial charge in [-0.15, -0.1) is 0 Å². The summed E-state index contributed by atoms with van der Waals surface area (Å²) in [5, 5.41) is 16.2. The number of ether oxygens (including phenoxy) is 1. The lowest BCUT2D eigenvalue weighted by Gasteiger charge is -2.27. The predicted octanol–water partition coefficient (Wildman–Crippen LogP) is 1.85. The van der Waals surface area contributed by atoms with Crippen molar-refractivity contribution in [1.82, 2.24) is 15.5 Å². The molecule has 6 heteroatoms. The zero-order valence-electron chi connectivity index (χ0n) is 17.1. The summed E-state index contributed by atoms with van der Waals surface area (Å²) in [6.07, 6.45) is 1.71. The highest BCUT2D eigenvalue weighted by Gasteiger charge is 2.34. The number of hydrogen-bond acceptors (Lipinski definition) is 4. The minimum absolute atomic E-state index is 0.0210. The third-order valence-corrected chi connectivity index (χ3v) is 5.34. The van der Waals surface area contributed by atoms with E-state index in [0.717, 1.165) is 45.0 Å². The molecule has 6 nitrogen and oxygen atoms in total. The van der Waals surface area contributed by atoms with Gasteiger partial charge in [-0.05, 0) is 39.3 Å². The van der Waals surface area contributed by atoms with E-state index >= 15 is 0 Å². The van der Waals surface area contributed by atoms with Gasteiger partial charge >= 0.3 is 0 Å². The lowest BCUT2D eigenvalue weighted by atomic mass is 9.84. The second kappa shape index (κ2) is 11.3. The molecule has 0 saturated carbocycles. The fourth-order valence-corrected chi connectivity index (χ4v) is 3.30. The highest BCUT2D eigenvalue weighted by molar-refractivity contribution is 5.79. The molecule has 1 aromatic rings. The van der Waals surface area contributed by atoms with Crippen LogP contribution < -0.4 is 10.6 Å². The maximum atomic E-state index is 9.38. The molecule has 1 saturated heterocycles. The van der Waals surface area contributed by atoms with Crippen LogP contribution in [0.5, 0.6) is 0 Å². The van der Waals surface area contributed by atoms with Crippen LogP contribution in [0.2, 0.25) is 0 Å². The normalized spacial score (nSPS) is 21.4. The number of guanidine groups is 1. The summed E-state index contributed by atoms with van der Waals surface area (Å²) in [4.78, 5) is 7.12. The quantitative estimate of drug-likeness (QED) is 0.429. The molecule has 0 aliphatic carbocycles. The van der Waals surface area contributed by atoms with Crippen molar-refractivity contribution in [2.24, 2.45) is 10.4 Å². The lowest BCUT2D eigenvalue weighted by Crippen LogP contribution is -2.45. The van der Waals surface area contributed by atoms with Gasteiger partial charge in [0.15, 0.2) is 5.96 Å². The van der Waals surface area contributed by atoms with Crippen LogP contribution in [0.25, 0.3) is 0 Å². The molecule has 1 heterocycles. The summed E-state index contributed by atoms with van der Waals surface area (Å²) < 4.78 is 5.56. The van der Waals surface area contributed by atoms with Crippen LogP contribution >= 0.6 is 0 Å². The first-order chi connectivity index (χ1) is 13.1. The minimum atomic E-state index is -0.0210. The molecule has 2 atom stereocenters. The first kappa shape index (κ1) is 21.7. The Kier molecular flexibility index (Phi) is 9.04. The molecule has 0 aromatic heterocycles. The van der Waals surface area contributed by atoms with E-state index < -0.39 is 0 Å². The molecule has 2 rings (SSSR count). The van der Waals surface area contributed by atoms with Gasteiger partial charge in [0.25, 0.3) is 0 Å². The van der Waals surface area contributed by atoms with Crippen LogP contribution in [-0.2, 0) is 11.3 Å². The van der Waals surface area contributed by atoms with Crippen LogP contribution in [0.15, 0.2) is 35.3 Å². The Labute approximate surface area is 164 Å². The van der Waals surface area contributed by atoms with Gasteiger partial charge in [-0.25, -0.2) is 0 Å². The number of likely N-dealkylation sites (N-methyl/N-ethyl adjacent to an activating group) is 1. The summed E-state index contributed by atoms with van der Waals surface area (Å²) >= 11 is 0. The highest BCUT2D eigenvalue weighted by Crippen LogP contribution is 2.32. The van der Waals surface area contributed by atoms with Gasteiger partial charge in [-0.2, -0.15) is 0 Å². The Bertz CT molecular complexity index is 559. The van der Waals surface area contributed by atoms with Crippen molar-refractivity contribution in [3.63, 3.8) is 0 Å². The van der Waals surface area contributed by atoms with E-state index in [1.165, 1.54) is 5.56 Å². The number of aliphatic imine (C=N–C) groups is 1. The average Bonchev–Trinajstić information content (AvgIpc) is 3.13. The summed E-state index contributed by atoms with van der Waals surface area (Å²) in [6, 6.07) is 10.9. The molecule has 152 valence electrons. The summed E-state index contributed by atoms with van der Waals surface area (Å²) in [6.45, 7) is 9.17. The van der Waals surface area contributed by atoms with Gasteiger partial charge in [0, 0.05) is 44.3 Å². The van der Waals surface area contributed by atoms with Gasteiger partial charge in [0.05, 0.1) is 13.2 Å². The molecule has 3 N–H and O–H groups in total. The van der Waals surface area contributed by atoms with Crippen LogP contribution in [0.1, 0.15) is 32.3 Å². The highest BCUT2D eigenvalue weighted by atomic mass is 16.5. The molecule has 1 fully saturated rings. The Morgan fingerprint density at radius 1 is 1.33 bits per heavy atom. The number of rotatable bonds is 10.